The molecule has 0 fully saturated rings. The normalized spacial score (nSPS) is 9.67. The lowest BCUT2D eigenvalue weighted by atomic mass is 10.2. The minimum absolute atomic E-state index is 0.369. The lowest BCUT2D eigenvalue weighted by Crippen LogP contribution is -2.26. The van der Waals surface area contributed by atoms with Crippen LogP contribution in [0.5, 0.6) is 0 Å². The average Bonchev–Trinajstić information content (AvgIpc) is 2.23. The first-order valence-corrected chi connectivity index (χ1v) is 5.35. The molecule has 0 atom stereocenters. The van der Waals surface area contributed by atoms with Gasteiger partial charge in [-0.3, -0.25) is 0 Å². The van der Waals surface area contributed by atoms with Gasteiger partial charge in [0.1, 0.15) is 6.29 Å². The van der Waals surface area contributed by atoms with Crippen LogP contribution in [0.1, 0.15) is 32.1 Å². The summed E-state index contributed by atoms with van der Waals surface area (Å²) in [4.78, 5) is 21.0. The van der Waals surface area contributed by atoms with Crippen molar-refractivity contribution in [2.75, 3.05) is 19.7 Å². The van der Waals surface area contributed by atoms with Crippen LogP contribution in [0.4, 0.5) is 4.79 Å². The number of hydrogen-bond donors (Lipinski definition) is 2. The maximum absolute atomic E-state index is 11.0. The number of rotatable bonds is 9. The summed E-state index contributed by atoms with van der Waals surface area (Å²) < 4.78 is 4.82. The average molecular weight is 216 g/mol. The summed E-state index contributed by atoms with van der Waals surface area (Å²) in [5.74, 6) is 0. The number of unbranched alkanes of at least 4 members (excludes halogenated alkanes) is 3. The van der Waals surface area contributed by atoms with Gasteiger partial charge in [-0.15, -0.1) is 0 Å². The Kier molecular flexibility index (Phi) is 10.2. The van der Waals surface area contributed by atoms with Crippen LogP contribution in [0.2, 0.25) is 0 Å². The van der Waals surface area contributed by atoms with Crippen LogP contribution in [0.3, 0.4) is 0 Å². The van der Waals surface area contributed by atoms with Gasteiger partial charge in [-0.05, 0) is 25.8 Å². The summed E-state index contributed by atoms with van der Waals surface area (Å²) in [5, 5.41) is 2.63. The molecule has 0 heterocycles. The predicted molar refractivity (Wildman–Crippen MR) is 57.6 cm³/mol. The molecule has 0 unspecified atom stereocenters. The summed E-state index contributed by atoms with van der Waals surface area (Å²) in [5.41, 5.74) is 5.24. The zero-order valence-electron chi connectivity index (χ0n) is 9.04. The van der Waals surface area contributed by atoms with Gasteiger partial charge in [-0.1, -0.05) is 6.42 Å². The summed E-state index contributed by atoms with van der Waals surface area (Å²) in [6.45, 7) is 1.49. The Balaban J connectivity index is 3.13. The summed E-state index contributed by atoms with van der Waals surface area (Å²) in [6, 6.07) is 0. The van der Waals surface area contributed by atoms with Gasteiger partial charge in [0, 0.05) is 13.0 Å². The Labute approximate surface area is 90.4 Å². The minimum Gasteiger partial charge on any atom is -0.450 e. The van der Waals surface area contributed by atoms with Gasteiger partial charge in [-0.2, -0.15) is 0 Å². The van der Waals surface area contributed by atoms with E-state index in [9.17, 15) is 9.59 Å². The number of alkyl carbamates (subject to hydrolysis) is 1. The third kappa shape index (κ3) is 10.8. The molecule has 0 aromatic carbocycles. The highest BCUT2D eigenvalue weighted by atomic mass is 16.5. The fourth-order valence-electron chi connectivity index (χ4n) is 1.02. The Morgan fingerprint density at radius 3 is 2.73 bits per heavy atom. The van der Waals surface area contributed by atoms with Gasteiger partial charge >= 0.3 is 6.09 Å². The molecule has 0 spiro atoms. The minimum atomic E-state index is -0.390. The van der Waals surface area contributed by atoms with Gasteiger partial charge in [-0.25, -0.2) is 4.79 Å². The van der Waals surface area contributed by atoms with Crippen LogP contribution in [0.25, 0.3) is 0 Å². The van der Waals surface area contributed by atoms with Gasteiger partial charge in [0.25, 0.3) is 0 Å². The largest absolute Gasteiger partial charge is 0.450 e. The number of carbonyl (C=O) groups excluding carboxylic acids is 2. The third-order valence-corrected chi connectivity index (χ3v) is 1.85. The third-order valence-electron chi connectivity index (χ3n) is 1.85. The van der Waals surface area contributed by atoms with Gasteiger partial charge < -0.3 is 20.6 Å². The van der Waals surface area contributed by atoms with Crippen molar-refractivity contribution in [2.45, 2.75) is 32.1 Å². The van der Waals surface area contributed by atoms with Crippen molar-refractivity contribution in [3.8, 4) is 0 Å². The van der Waals surface area contributed by atoms with Crippen LogP contribution in [-0.2, 0) is 9.53 Å². The fraction of sp³-hybridized carbons (Fsp3) is 0.800. The molecular formula is C10H20N2O3. The van der Waals surface area contributed by atoms with Crippen molar-refractivity contribution < 1.29 is 14.3 Å². The Morgan fingerprint density at radius 2 is 2.07 bits per heavy atom. The van der Waals surface area contributed by atoms with E-state index >= 15 is 0 Å². The second-order valence-electron chi connectivity index (χ2n) is 3.22. The maximum atomic E-state index is 11.0. The molecule has 0 aromatic heterocycles. The standard InChI is InChI=1S/C10H20N2O3/c11-6-5-9-15-10(14)12-7-3-1-2-4-8-13/h8H,1-7,9,11H2,(H,12,14). The topological polar surface area (TPSA) is 81.4 Å². The zero-order chi connectivity index (χ0) is 11.4. The highest BCUT2D eigenvalue weighted by molar-refractivity contribution is 5.66. The van der Waals surface area contributed by atoms with E-state index in [1.165, 1.54) is 0 Å². The van der Waals surface area contributed by atoms with Gasteiger partial charge in [0.05, 0.1) is 6.61 Å². The van der Waals surface area contributed by atoms with E-state index in [2.05, 4.69) is 5.32 Å². The fourth-order valence-corrected chi connectivity index (χ4v) is 1.02. The SMILES string of the molecule is NCCCOC(=O)NCCCCCC=O. The molecule has 0 aliphatic rings. The van der Waals surface area contributed by atoms with Crippen LogP contribution in [0.15, 0.2) is 0 Å². The Bertz CT molecular complexity index is 174. The van der Waals surface area contributed by atoms with E-state index in [-0.39, 0.29) is 6.09 Å². The van der Waals surface area contributed by atoms with E-state index < -0.39 is 0 Å². The Hall–Kier alpha value is -1.10. The smallest absolute Gasteiger partial charge is 0.407 e. The van der Waals surface area contributed by atoms with Crippen molar-refractivity contribution in [3.63, 3.8) is 0 Å². The number of carbonyl (C=O) groups is 2. The molecule has 3 N–H and O–H groups in total. The summed E-state index contributed by atoms with van der Waals surface area (Å²) >= 11 is 0. The molecule has 0 saturated carbocycles. The van der Waals surface area contributed by atoms with Crippen molar-refractivity contribution in [1.29, 1.82) is 0 Å². The zero-order valence-corrected chi connectivity index (χ0v) is 9.04. The highest BCUT2D eigenvalue weighted by Gasteiger charge is 1.99. The molecule has 1 amide bonds. The Morgan fingerprint density at radius 1 is 1.27 bits per heavy atom. The molecular weight excluding hydrogens is 196 g/mol. The number of nitrogens with one attached hydrogen (secondary N) is 1. The number of amides is 1. The van der Waals surface area contributed by atoms with Crippen molar-refractivity contribution >= 4 is 12.4 Å². The van der Waals surface area contributed by atoms with Crippen molar-refractivity contribution in [1.82, 2.24) is 5.32 Å². The maximum Gasteiger partial charge on any atom is 0.407 e. The monoisotopic (exact) mass is 216 g/mol. The van der Waals surface area contributed by atoms with E-state index in [0.29, 0.717) is 32.5 Å². The van der Waals surface area contributed by atoms with Crippen molar-refractivity contribution in [3.05, 3.63) is 0 Å². The van der Waals surface area contributed by atoms with E-state index in [1.807, 2.05) is 0 Å². The molecule has 5 nitrogen and oxygen atoms in total. The van der Waals surface area contributed by atoms with Crippen LogP contribution < -0.4 is 11.1 Å². The molecule has 0 aromatic rings. The number of ether oxygens (including phenoxy) is 1. The first-order chi connectivity index (χ1) is 7.31. The molecule has 15 heavy (non-hydrogen) atoms. The van der Waals surface area contributed by atoms with E-state index in [0.717, 1.165) is 25.5 Å². The van der Waals surface area contributed by atoms with Crippen LogP contribution in [0, 0.1) is 0 Å². The van der Waals surface area contributed by atoms with Gasteiger partial charge in [0.15, 0.2) is 0 Å². The van der Waals surface area contributed by atoms with Crippen LogP contribution in [-0.4, -0.2) is 32.1 Å². The molecule has 88 valence electrons. The second kappa shape index (κ2) is 11.0. The quantitative estimate of drug-likeness (QED) is 0.441. The highest BCUT2D eigenvalue weighted by Crippen LogP contribution is 1.96. The first-order valence-electron chi connectivity index (χ1n) is 5.35. The van der Waals surface area contributed by atoms with E-state index in [1.54, 1.807) is 0 Å². The molecule has 0 radical (unpaired) electrons. The number of aldehydes is 1. The molecule has 0 bridgehead atoms. The molecule has 5 heteroatoms. The molecule has 0 aliphatic carbocycles. The predicted octanol–water partition coefficient (Wildman–Crippen LogP) is 0.821. The summed E-state index contributed by atoms with van der Waals surface area (Å²) in [6.07, 6.45) is 4.51. The number of hydrogen-bond acceptors (Lipinski definition) is 4. The van der Waals surface area contributed by atoms with Crippen LogP contribution >= 0.6 is 0 Å². The molecule has 0 aliphatic heterocycles. The molecule has 0 rings (SSSR count). The second-order valence-corrected chi connectivity index (χ2v) is 3.22. The molecule has 0 saturated heterocycles. The number of nitrogens with two attached hydrogens (primary N) is 1. The first kappa shape index (κ1) is 13.9. The lowest BCUT2D eigenvalue weighted by molar-refractivity contribution is -0.107. The van der Waals surface area contributed by atoms with Gasteiger partial charge in [0.2, 0.25) is 0 Å². The summed E-state index contributed by atoms with van der Waals surface area (Å²) in [7, 11) is 0. The van der Waals surface area contributed by atoms with Crippen molar-refractivity contribution in [2.24, 2.45) is 5.73 Å². The van der Waals surface area contributed by atoms with E-state index in [4.69, 9.17) is 10.5 Å². The lowest BCUT2D eigenvalue weighted by Gasteiger charge is -2.05.